The Kier molecular flexibility index (Phi) is 7.02. The third-order valence-corrected chi connectivity index (χ3v) is 6.56. The lowest BCUT2D eigenvalue weighted by molar-refractivity contribution is -0.137. The molecule has 1 fully saturated rings. The minimum absolute atomic E-state index is 0.122. The molecule has 8 heteroatoms. The molecule has 2 aromatic carbocycles. The van der Waals surface area contributed by atoms with E-state index in [2.05, 4.69) is 5.32 Å². The lowest BCUT2D eigenvalue weighted by Crippen LogP contribution is -2.28. The maximum atomic E-state index is 12.7. The number of nitrogens with zero attached hydrogens (tertiary/aromatic N) is 1. The Morgan fingerprint density at radius 3 is 2.47 bits per heavy atom. The molecule has 0 aromatic heterocycles. The molecular formula is C22H24N2O5S. The van der Waals surface area contributed by atoms with E-state index in [4.69, 9.17) is 4.74 Å². The van der Waals surface area contributed by atoms with Gasteiger partial charge in [0.2, 0.25) is 10.0 Å². The minimum atomic E-state index is -3.58. The Morgan fingerprint density at radius 1 is 1.10 bits per heavy atom. The summed E-state index contributed by atoms with van der Waals surface area (Å²) in [5.41, 5.74) is 1.60. The monoisotopic (exact) mass is 428 g/mol. The van der Waals surface area contributed by atoms with Crippen molar-refractivity contribution < 1.29 is 22.7 Å². The largest absolute Gasteiger partial charge is 0.463 e. The van der Waals surface area contributed by atoms with Crippen molar-refractivity contribution in [1.29, 1.82) is 0 Å². The van der Waals surface area contributed by atoms with Crippen LogP contribution >= 0.6 is 0 Å². The standard InChI is InChI=1S/C22H24N2O5S/c1-2-29-21(25)13-10-17-8-11-19(12-9-17)23-22(26)18-6-5-7-20(16-18)30(27,28)24-14-3-4-15-24/h5-13,16H,2-4,14-15H2,1H3,(H,23,26)/b13-10+. The third-order valence-electron chi connectivity index (χ3n) is 4.67. The number of benzene rings is 2. The average Bonchev–Trinajstić information content (AvgIpc) is 3.29. The summed E-state index contributed by atoms with van der Waals surface area (Å²) >= 11 is 0. The molecule has 3 rings (SSSR count). The van der Waals surface area contributed by atoms with Gasteiger partial charge in [0.25, 0.3) is 5.91 Å². The highest BCUT2D eigenvalue weighted by atomic mass is 32.2. The first-order valence-electron chi connectivity index (χ1n) is 9.76. The molecule has 0 unspecified atom stereocenters. The van der Waals surface area contributed by atoms with E-state index in [1.165, 1.54) is 22.5 Å². The van der Waals surface area contributed by atoms with E-state index in [1.807, 2.05) is 0 Å². The number of sulfonamides is 1. The van der Waals surface area contributed by atoms with Crippen LogP contribution in [0, 0.1) is 0 Å². The van der Waals surface area contributed by atoms with Gasteiger partial charge in [-0.2, -0.15) is 4.31 Å². The smallest absolute Gasteiger partial charge is 0.330 e. The maximum absolute atomic E-state index is 12.7. The molecular weight excluding hydrogens is 404 g/mol. The van der Waals surface area contributed by atoms with Crippen LogP contribution in [0.4, 0.5) is 5.69 Å². The van der Waals surface area contributed by atoms with Crippen molar-refractivity contribution in [2.24, 2.45) is 0 Å². The van der Waals surface area contributed by atoms with E-state index in [9.17, 15) is 18.0 Å². The molecule has 158 valence electrons. The van der Waals surface area contributed by atoms with Gasteiger partial charge in [-0.15, -0.1) is 0 Å². The number of hydrogen-bond acceptors (Lipinski definition) is 5. The summed E-state index contributed by atoms with van der Waals surface area (Å²) in [6.45, 7) is 3.07. The molecule has 0 aliphatic carbocycles. The zero-order chi connectivity index (χ0) is 21.6. The summed E-state index contributed by atoms with van der Waals surface area (Å²) < 4.78 is 31.7. The molecule has 2 aromatic rings. The number of carbonyl (C=O) groups is 2. The predicted molar refractivity (Wildman–Crippen MR) is 114 cm³/mol. The zero-order valence-corrected chi connectivity index (χ0v) is 17.5. The number of anilines is 1. The first-order chi connectivity index (χ1) is 14.4. The van der Waals surface area contributed by atoms with Crippen LogP contribution in [0.2, 0.25) is 0 Å². The number of rotatable bonds is 7. The summed E-state index contributed by atoms with van der Waals surface area (Å²) in [4.78, 5) is 24.1. The van der Waals surface area contributed by atoms with Crippen LogP contribution in [0.25, 0.3) is 6.08 Å². The van der Waals surface area contributed by atoms with Crippen LogP contribution in [-0.4, -0.2) is 44.3 Å². The van der Waals surface area contributed by atoms with E-state index in [1.54, 1.807) is 49.4 Å². The van der Waals surface area contributed by atoms with E-state index in [0.29, 0.717) is 25.4 Å². The average molecular weight is 429 g/mol. The molecule has 0 radical (unpaired) electrons. The molecule has 0 saturated carbocycles. The minimum Gasteiger partial charge on any atom is -0.463 e. The van der Waals surface area contributed by atoms with Gasteiger partial charge >= 0.3 is 5.97 Å². The van der Waals surface area contributed by atoms with Crippen LogP contribution in [0.3, 0.4) is 0 Å². The summed E-state index contributed by atoms with van der Waals surface area (Å²) in [5.74, 6) is -0.818. The molecule has 1 heterocycles. The lowest BCUT2D eigenvalue weighted by Gasteiger charge is -2.16. The molecule has 0 spiro atoms. The van der Waals surface area contributed by atoms with Crippen molar-refractivity contribution in [3.63, 3.8) is 0 Å². The predicted octanol–water partition coefficient (Wildman–Crippen LogP) is 3.30. The van der Waals surface area contributed by atoms with Gasteiger partial charge in [-0.1, -0.05) is 18.2 Å². The molecule has 1 aliphatic rings. The Morgan fingerprint density at radius 2 is 1.80 bits per heavy atom. The van der Waals surface area contributed by atoms with Gasteiger partial charge in [-0.05, 0) is 61.7 Å². The molecule has 1 N–H and O–H groups in total. The maximum Gasteiger partial charge on any atom is 0.330 e. The van der Waals surface area contributed by atoms with Crippen molar-refractivity contribution in [2.45, 2.75) is 24.7 Å². The van der Waals surface area contributed by atoms with E-state index in [-0.39, 0.29) is 10.5 Å². The second kappa shape index (κ2) is 9.69. The number of amides is 1. The highest BCUT2D eigenvalue weighted by molar-refractivity contribution is 7.89. The first kappa shape index (κ1) is 21.7. The number of nitrogens with one attached hydrogen (secondary N) is 1. The van der Waals surface area contributed by atoms with E-state index in [0.717, 1.165) is 18.4 Å². The molecule has 1 aliphatic heterocycles. The van der Waals surface area contributed by atoms with Crippen LogP contribution in [-0.2, 0) is 19.6 Å². The van der Waals surface area contributed by atoms with Crippen molar-refractivity contribution >= 4 is 33.7 Å². The highest BCUT2D eigenvalue weighted by Crippen LogP contribution is 2.22. The fourth-order valence-corrected chi connectivity index (χ4v) is 4.67. The van der Waals surface area contributed by atoms with Crippen LogP contribution in [0.5, 0.6) is 0 Å². The Bertz CT molecular complexity index is 1040. The van der Waals surface area contributed by atoms with Gasteiger partial charge in [0.05, 0.1) is 11.5 Å². The van der Waals surface area contributed by atoms with E-state index < -0.39 is 21.9 Å². The molecule has 7 nitrogen and oxygen atoms in total. The van der Waals surface area contributed by atoms with Crippen molar-refractivity contribution in [2.75, 3.05) is 25.0 Å². The van der Waals surface area contributed by atoms with Gasteiger partial charge in [0.1, 0.15) is 0 Å². The Hall–Kier alpha value is -2.97. The topological polar surface area (TPSA) is 92.8 Å². The normalized spacial score (nSPS) is 14.7. The van der Waals surface area contributed by atoms with Crippen molar-refractivity contribution in [3.8, 4) is 0 Å². The van der Waals surface area contributed by atoms with Crippen LogP contribution in [0.1, 0.15) is 35.7 Å². The lowest BCUT2D eigenvalue weighted by atomic mass is 10.1. The van der Waals surface area contributed by atoms with Crippen LogP contribution < -0.4 is 5.32 Å². The third kappa shape index (κ3) is 5.34. The fourth-order valence-electron chi connectivity index (χ4n) is 3.11. The van der Waals surface area contributed by atoms with Gasteiger partial charge in [-0.25, -0.2) is 13.2 Å². The molecule has 0 bridgehead atoms. The second-order valence-electron chi connectivity index (χ2n) is 6.80. The number of carbonyl (C=O) groups excluding carboxylic acids is 2. The molecule has 1 saturated heterocycles. The number of hydrogen-bond donors (Lipinski definition) is 1. The van der Waals surface area contributed by atoms with Crippen molar-refractivity contribution in [3.05, 3.63) is 65.7 Å². The molecule has 1 amide bonds. The Balaban J connectivity index is 1.68. The fraction of sp³-hybridized carbons (Fsp3) is 0.273. The first-order valence-corrected chi connectivity index (χ1v) is 11.2. The SMILES string of the molecule is CCOC(=O)/C=C/c1ccc(NC(=O)c2cccc(S(=O)(=O)N3CCCC3)c2)cc1. The van der Waals surface area contributed by atoms with E-state index >= 15 is 0 Å². The molecule has 0 atom stereocenters. The molecule has 30 heavy (non-hydrogen) atoms. The number of esters is 1. The second-order valence-corrected chi connectivity index (χ2v) is 8.74. The summed E-state index contributed by atoms with van der Waals surface area (Å²) in [5, 5.41) is 2.76. The summed E-state index contributed by atoms with van der Waals surface area (Å²) in [7, 11) is -3.58. The van der Waals surface area contributed by atoms with Gasteiger partial charge < -0.3 is 10.1 Å². The zero-order valence-electron chi connectivity index (χ0n) is 16.7. The Labute approximate surface area is 176 Å². The van der Waals surface area contributed by atoms with Gasteiger partial charge in [-0.3, -0.25) is 4.79 Å². The van der Waals surface area contributed by atoms with Crippen LogP contribution in [0.15, 0.2) is 59.5 Å². The number of ether oxygens (including phenoxy) is 1. The highest BCUT2D eigenvalue weighted by Gasteiger charge is 2.27. The summed E-state index contributed by atoms with van der Waals surface area (Å²) in [6, 6.07) is 13.0. The quantitative estimate of drug-likeness (QED) is 0.540. The van der Waals surface area contributed by atoms with Gasteiger partial charge in [0, 0.05) is 30.4 Å². The van der Waals surface area contributed by atoms with Gasteiger partial charge in [0.15, 0.2) is 0 Å². The van der Waals surface area contributed by atoms with Crippen molar-refractivity contribution in [1.82, 2.24) is 4.31 Å². The summed E-state index contributed by atoms with van der Waals surface area (Å²) in [6.07, 6.45) is 4.66.